The molecule has 1 aliphatic carbocycles. The SMILES string of the molecule is CCCCC(NCc1cccc(OC2CCCC2)c1)C(=O)O. The summed E-state index contributed by atoms with van der Waals surface area (Å²) in [5, 5.41) is 12.4. The lowest BCUT2D eigenvalue weighted by atomic mass is 10.1. The lowest BCUT2D eigenvalue weighted by molar-refractivity contribution is -0.139. The Kier molecular flexibility index (Phi) is 6.72. The third kappa shape index (κ3) is 5.34. The van der Waals surface area contributed by atoms with Crippen LogP contribution in [-0.4, -0.2) is 23.2 Å². The smallest absolute Gasteiger partial charge is 0.320 e. The zero-order chi connectivity index (χ0) is 15.8. The van der Waals surface area contributed by atoms with Crippen LogP contribution in [-0.2, 0) is 11.3 Å². The molecule has 0 aliphatic heterocycles. The molecule has 22 heavy (non-hydrogen) atoms. The van der Waals surface area contributed by atoms with E-state index in [0.29, 0.717) is 19.1 Å². The van der Waals surface area contributed by atoms with Crippen LogP contribution in [0.5, 0.6) is 5.75 Å². The molecule has 1 aromatic rings. The van der Waals surface area contributed by atoms with Gasteiger partial charge in [0.05, 0.1) is 6.10 Å². The summed E-state index contributed by atoms with van der Waals surface area (Å²) >= 11 is 0. The zero-order valence-electron chi connectivity index (χ0n) is 13.4. The molecule has 0 saturated heterocycles. The van der Waals surface area contributed by atoms with Crippen molar-refractivity contribution >= 4 is 5.97 Å². The topological polar surface area (TPSA) is 58.6 Å². The Morgan fingerprint density at radius 1 is 1.41 bits per heavy atom. The van der Waals surface area contributed by atoms with Gasteiger partial charge in [0, 0.05) is 6.54 Å². The van der Waals surface area contributed by atoms with Crippen molar-refractivity contribution in [2.75, 3.05) is 0 Å². The Balaban J connectivity index is 1.87. The van der Waals surface area contributed by atoms with Crippen molar-refractivity contribution < 1.29 is 14.6 Å². The highest BCUT2D eigenvalue weighted by Crippen LogP contribution is 2.24. The predicted molar refractivity (Wildman–Crippen MR) is 87.1 cm³/mol. The molecule has 1 aromatic carbocycles. The minimum absolute atomic E-state index is 0.347. The van der Waals surface area contributed by atoms with Crippen molar-refractivity contribution in [3.8, 4) is 5.75 Å². The molecule has 1 aliphatic rings. The van der Waals surface area contributed by atoms with Crippen molar-refractivity contribution in [2.45, 2.75) is 70.6 Å². The minimum atomic E-state index is -0.771. The van der Waals surface area contributed by atoms with Crippen LogP contribution >= 0.6 is 0 Å². The number of carbonyl (C=O) groups is 1. The molecule has 1 fully saturated rings. The Morgan fingerprint density at radius 2 is 2.18 bits per heavy atom. The molecule has 0 aromatic heterocycles. The summed E-state index contributed by atoms with van der Waals surface area (Å²) in [4.78, 5) is 11.2. The molecule has 1 saturated carbocycles. The standard InChI is InChI=1S/C18H27NO3/c1-2-3-11-17(18(20)21)19-13-14-7-6-10-16(12-14)22-15-8-4-5-9-15/h6-7,10,12,15,17,19H,2-5,8-9,11,13H2,1H3,(H,20,21). The molecular weight excluding hydrogens is 278 g/mol. The molecule has 2 N–H and O–H groups in total. The van der Waals surface area contributed by atoms with E-state index in [-0.39, 0.29) is 0 Å². The van der Waals surface area contributed by atoms with E-state index in [4.69, 9.17) is 4.74 Å². The Morgan fingerprint density at radius 3 is 2.86 bits per heavy atom. The molecule has 1 atom stereocenters. The third-order valence-electron chi connectivity index (χ3n) is 4.20. The van der Waals surface area contributed by atoms with Crippen LogP contribution < -0.4 is 10.1 Å². The largest absolute Gasteiger partial charge is 0.490 e. The number of hydrogen-bond acceptors (Lipinski definition) is 3. The number of hydrogen-bond donors (Lipinski definition) is 2. The van der Waals surface area contributed by atoms with Gasteiger partial charge in [0.25, 0.3) is 0 Å². The molecule has 0 bridgehead atoms. The summed E-state index contributed by atoms with van der Waals surface area (Å²) in [6, 6.07) is 7.51. The maximum atomic E-state index is 11.2. The average molecular weight is 305 g/mol. The summed E-state index contributed by atoms with van der Waals surface area (Å²) < 4.78 is 5.99. The second-order valence-electron chi connectivity index (χ2n) is 6.09. The molecule has 4 nitrogen and oxygen atoms in total. The number of nitrogens with one attached hydrogen (secondary N) is 1. The molecule has 122 valence electrons. The molecule has 0 heterocycles. The molecular formula is C18H27NO3. The fraction of sp³-hybridized carbons (Fsp3) is 0.611. The summed E-state index contributed by atoms with van der Waals surface area (Å²) in [5.41, 5.74) is 1.07. The van der Waals surface area contributed by atoms with Crippen LogP contribution in [0.1, 0.15) is 57.4 Å². The van der Waals surface area contributed by atoms with Gasteiger partial charge in [-0.3, -0.25) is 4.79 Å². The number of rotatable bonds is 9. The second-order valence-corrected chi connectivity index (χ2v) is 6.09. The van der Waals surface area contributed by atoms with Gasteiger partial charge < -0.3 is 15.2 Å². The van der Waals surface area contributed by atoms with E-state index in [9.17, 15) is 9.90 Å². The van der Waals surface area contributed by atoms with Gasteiger partial charge >= 0.3 is 5.97 Å². The summed E-state index contributed by atoms with van der Waals surface area (Å²) in [7, 11) is 0. The van der Waals surface area contributed by atoms with Gasteiger partial charge in [-0.15, -0.1) is 0 Å². The highest BCUT2D eigenvalue weighted by molar-refractivity contribution is 5.73. The first-order valence-corrected chi connectivity index (χ1v) is 8.41. The van der Waals surface area contributed by atoms with Crippen molar-refractivity contribution in [1.29, 1.82) is 0 Å². The second kappa shape index (κ2) is 8.79. The first-order valence-electron chi connectivity index (χ1n) is 8.41. The predicted octanol–water partition coefficient (Wildman–Crippen LogP) is 3.74. The van der Waals surface area contributed by atoms with E-state index in [2.05, 4.69) is 12.2 Å². The lowest BCUT2D eigenvalue weighted by Gasteiger charge is -2.16. The van der Waals surface area contributed by atoms with Gasteiger partial charge in [-0.2, -0.15) is 0 Å². The first-order chi connectivity index (χ1) is 10.7. The van der Waals surface area contributed by atoms with Crippen LogP contribution in [0.3, 0.4) is 0 Å². The molecule has 2 rings (SSSR count). The highest BCUT2D eigenvalue weighted by Gasteiger charge is 2.17. The summed E-state index contributed by atoms with van der Waals surface area (Å²) in [5.74, 6) is 0.124. The van der Waals surface area contributed by atoms with E-state index in [1.54, 1.807) is 0 Å². The van der Waals surface area contributed by atoms with E-state index >= 15 is 0 Å². The average Bonchev–Trinajstić information content (AvgIpc) is 3.00. The molecule has 0 radical (unpaired) electrons. The fourth-order valence-electron chi connectivity index (χ4n) is 2.89. The summed E-state index contributed by atoms with van der Waals surface area (Å²) in [6.07, 6.45) is 7.74. The number of aliphatic carboxylic acids is 1. The van der Waals surface area contributed by atoms with Gasteiger partial charge in [-0.1, -0.05) is 31.9 Å². The van der Waals surface area contributed by atoms with E-state index < -0.39 is 12.0 Å². The van der Waals surface area contributed by atoms with Crippen molar-refractivity contribution in [2.24, 2.45) is 0 Å². The lowest BCUT2D eigenvalue weighted by Crippen LogP contribution is -2.36. The maximum Gasteiger partial charge on any atom is 0.320 e. The summed E-state index contributed by atoms with van der Waals surface area (Å²) in [6.45, 7) is 2.63. The quantitative estimate of drug-likeness (QED) is 0.729. The number of ether oxygens (including phenoxy) is 1. The Labute approximate surface area is 132 Å². The van der Waals surface area contributed by atoms with Crippen LogP contribution in [0.2, 0.25) is 0 Å². The number of unbranched alkanes of at least 4 members (excludes halogenated alkanes) is 1. The highest BCUT2D eigenvalue weighted by atomic mass is 16.5. The van der Waals surface area contributed by atoms with Gasteiger partial charge in [-0.05, 0) is 49.8 Å². The minimum Gasteiger partial charge on any atom is -0.490 e. The van der Waals surface area contributed by atoms with Gasteiger partial charge in [-0.25, -0.2) is 0 Å². The van der Waals surface area contributed by atoms with E-state index in [1.165, 1.54) is 12.8 Å². The van der Waals surface area contributed by atoms with Gasteiger partial charge in [0.2, 0.25) is 0 Å². The molecule has 0 spiro atoms. The normalized spacial score (nSPS) is 16.6. The van der Waals surface area contributed by atoms with Crippen LogP contribution in [0.25, 0.3) is 0 Å². The van der Waals surface area contributed by atoms with Gasteiger partial charge in [0.15, 0.2) is 0 Å². The monoisotopic (exact) mass is 305 g/mol. The van der Waals surface area contributed by atoms with Crippen LogP contribution in [0, 0.1) is 0 Å². The Bertz CT molecular complexity index is 469. The van der Waals surface area contributed by atoms with Crippen molar-refractivity contribution in [3.05, 3.63) is 29.8 Å². The number of carboxylic acids is 1. The first kappa shape index (κ1) is 16.8. The molecule has 0 amide bonds. The van der Waals surface area contributed by atoms with Gasteiger partial charge in [0.1, 0.15) is 11.8 Å². The third-order valence-corrected chi connectivity index (χ3v) is 4.20. The molecule has 1 unspecified atom stereocenters. The number of benzene rings is 1. The van der Waals surface area contributed by atoms with Crippen LogP contribution in [0.15, 0.2) is 24.3 Å². The van der Waals surface area contributed by atoms with Crippen molar-refractivity contribution in [3.63, 3.8) is 0 Å². The van der Waals surface area contributed by atoms with Crippen LogP contribution in [0.4, 0.5) is 0 Å². The van der Waals surface area contributed by atoms with E-state index in [1.807, 2.05) is 24.3 Å². The maximum absolute atomic E-state index is 11.2. The van der Waals surface area contributed by atoms with Crippen molar-refractivity contribution in [1.82, 2.24) is 5.32 Å². The van der Waals surface area contributed by atoms with E-state index in [0.717, 1.165) is 37.0 Å². The Hall–Kier alpha value is -1.55. The molecule has 4 heteroatoms. The number of carboxylic acid groups (broad SMARTS) is 1. The zero-order valence-corrected chi connectivity index (χ0v) is 13.4. The fourth-order valence-corrected chi connectivity index (χ4v) is 2.89.